The molecule has 4 aliphatic rings. The first kappa shape index (κ1) is 56.3. The maximum absolute atomic E-state index is 14.3. The van der Waals surface area contributed by atoms with E-state index in [9.17, 15) is 28.8 Å². The summed E-state index contributed by atoms with van der Waals surface area (Å²) in [5, 5.41) is 35.5. The second kappa shape index (κ2) is 26.3. The largest absolute Gasteiger partial charge is 0.347 e. The highest BCUT2D eigenvalue weighted by molar-refractivity contribution is 5.95. The number of halogens is 2. The Morgan fingerprint density at radius 1 is 0.589 bits per heavy atom. The van der Waals surface area contributed by atoms with Crippen molar-refractivity contribution >= 4 is 60.3 Å². The Morgan fingerprint density at radius 3 is 1.41 bits per heavy atom. The molecule has 2 aromatic carbocycles. The predicted molar refractivity (Wildman–Crippen MR) is 277 cm³/mol. The molecule has 73 heavy (non-hydrogen) atoms. The molecule has 8 atom stereocenters. The lowest BCUT2D eigenvalue weighted by Crippen LogP contribution is -2.56. The lowest BCUT2D eigenvalue weighted by molar-refractivity contribution is -0.141. The van der Waals surface area contributed by atoms with Gasteiger partial charge in [0.2, 0.25) is 35.4 Å². The number of hydrogen-bond acceptors (Lipinski definition) is 12. The Hall–Kier alpha value is -5.96. The van der Waals surface area contributed by atoms with Crippen LogP contribution < -0.4 is 31.9 Å². The van der Waals surface area contributed by atoms with Crippen LogP contribution in [0.25, 0.3) is 0 Å². The number of likely N-dealkylation sites (tertiary alicyclic amines) is 2. The van der Waals surface area contributed by atoms with Crippen molar-refractivity contribution in [1.82, 2.24) is 71.7 Å². The van der Waals surface area contributed by atoms with E-state index in [1.54, 1.807) is 59.5 Å². The molecule has 0 radical (unpaired) electrons. The predicted octanol–water partition coefficient (Wildman–Crippen LogP) is 2.44. The normalized spacial score (nSPS) is 20.7. The van der Waals surface area contributed by atoms with Crippen LogP contribution in [0.4, 0.5) is 0 Å². The van der Waals surface area contributed by atoms with Gasteiger partial charge in [-0.3, -0.25) is 38.1 Å². The fourth-order valence-electron chi connectivity index (χ4n) is 10.5. The number of carbonyl (C=O) groups excluding carboxylic acids is 6. The van der Waals surface area contributed by atoms with Gasteiger partial charge in [0.25, 0.3) is 0 Å². The number of rotatable bonds is 20. The molecule has 2 fully saturated rings. The number of aryl methyl sites for hydroxylation is 4. The van der Waals surface area contributed by atoms with E-state index in [0.717, 1.165) is 49.7 Å². The van der Waals surface area contributed by atoms with Crippen molar-refractivity contribution in [3.05, 3.63) is 94.6 Å². The second-order valence-electron chi connectivity index (χ2n) is 19.5. The lowest BCUT2D eigenvalue weighted by Gasteiger charge is -2.31. The van der Waals surface area contributed by atoms with Crippen molar-refractivity contribution < 1.29 is 28.8 Å². The second-order valence-corrected chi connectivity index (χ2v) is 19.5. The van der Waals surface area contributed by atoms with Crippen molar-refractivity contribution in [3.63, 3.8) is 0 Å². The number of amides is 6. The van der Waals surface area contributed by atoms with E-state index in [2.05, 4.69) is 76.8 Å². The molecule has 0 bridgehead atoms. The van der Waals surface area contributed by atoms with Crippen LogP contribution in [0.2, 0.25) is 0 Å². The summed E-state index contributed by atoms with van der Waals surface area (Å²) in [4.78, 5) is 85.9. The molecule has 22 heteroatoms. The van der Waals surface area contributed by atoms with Gasteiger partial charge in [0.15, 0.2) is 0 Å². The highest BCUT2D eigenvalue weighted by Gasteiger charge is 2.41. The molecule has 0 saturated carbocycles. The smallest absolute Gasteiger partial charge is 0.246 e. The van der Waals surface area contributed by atoms with Gasteiger partial charge in [-0.2, -0.15) is 0 Å². The van der Waals surface area contributed by atoms with Gasteiger partial charge in [-0.1, -0.05) is 59.0 Å². The monoisotopic (exact) mass is 1050 g/mol. The van der Waals surface area contributed by atoms with E-state index < -0.39 is 36.3 Å². The quantitative estimate of drug-likeness (QED) is 0.0749. The molecule has 0 unspecified atom stereocenters. The molecular formula is C51H72Cl2N14O6. The van der Waals surface area contributed by atoms with E-state index in [-0.39, 0.29) is 85.2 Å². The number of fused-ring (bicyclic) bond motifs is 2. The first-order valence-electron chi connectivity index (χ1n) is 25.5. The van der Waals surface area contributed by atoms with Crippen LogP contribution in [0.15, 0.2) is 60.9 Å². The molecular weight excluding hydrogens is 976 g/mol. The maximum atomic E-state index is 14.3. The number of aromatic nitrogens is 6. The Bertz CT molecular complexity index is 2370. The van der Waals surface area contributed by atoms with Crippen LogP contribution in [0.5, 0.6) is 0 Å². The van der Waals surface area contributed by atoms with Gasteiger partial charge in [0.05, 0.1) is 35.6 Å². The molecule has 2 aromatic heterocycles. The third-order valence-corrected chi connectivity index (χ3v) is 14.7. The SMILES string of the molecule is CN[C@@H](C)C(=O)N[C@@H](Cc1cn(CCCn2cc(C[C@@H](NC(=O)[C@H](C)NC)C(=O)N3CCC[C@H]3C(=O)N[C@@H]3CCCc4ccccc43)nn2)nn1)C(=O)N1CCC[C@H]1C(=O)N[C@@H]1CCCc2ccccc21.Cl.Cl. The maximum Gasteiger partial charge on any atom is 0.246 e. The van der Waals surface area contributed by atoms with Crippen LogP contribution >= 0.6 is 24.8 Å². The number of hydrogen-bond donors (Lipinski definition) is 6. The Balaban J connectivity index is 0.00000435. The summed E-state index contributed by atoms with van der Waals surface area (Å²) in [6.07, 6.45) is 12.2. The van der Waals surface area contributed by atoms with Crippen molar-refractivity contribution in [1.29, 1.82) is 0 Å². The van der Waals surface area contributed by atoms with E-state index in [1.165, 1.54) is 11.1 Å². The van der Waals surface area contributed by atoms with Crippen LogP contribution in [0.3, 0.4) is 0 Å². The molecule has 8 rings (SSSR count). The van der Waals surface area contributed by atoms with Gasteiger partial charge in [-0.15, -0.1) is 35.0 Å². The van der Waals surface area contributed by atoms with Gasteiger partial charge in [0, 0.05) is 51.4 Å². The van der Waals surface area contributed by atoms with Gasteiger partial charge < -0.3 is 41.7 Å². The number of benzene rings is 2. The Kier molecular flexibility index (Phi) is 20.3. The minimum atomic E-state index is -0.976. The third-order valence-electron chi connectivity index (χ3n) is 14.7. The Morgan fingerprint density at radius 2 is 1.00 bits per heavy atom. The zero-order valence-electron chi connectivity index (χ0n) is 42.3. The minimum absolute atomic E-state index is 0. The third kappa shape index (κ3) is 13.8. The average Bonchev–Trinajstić information content (AvgIpc) is 4.24. The van der Waals surface area contributed by atoms with Crippen LogP contribution in [0.1, 0.15) is 117 Å². The zero-order chi connectivity index (χ0) is 50.0. The van der Waals surface area contributed by atoms with E-state index >= 15 is 0 Å². The minimum Gasteiger partial charge on any atom is -0.347 e. The van der Waals surface area contributed by atoms with Crippen molar-refractivity contribution in [2.45, 2.75) is 159 Å². The van der Waals surface area contributed by atoms with Gasteiger partial charge in [0.1, 0.15) is 24.2 Å². The highest BCUT2D eigenvalue weighted by atomic mass is 35.5. The molecule has 2 aliphatic heterocycles. The summed E-state index contributed by atoms with van der Waals surface area (Å²) in [6.45, 7) is 5.13. The molecule has 2 aliphatic carbocycles. The molecule has 2 saturated heterocycles. The zero-order valence-corrected chi connectivity index (χ0v) is 43.9. The summed E-state index contributed by atoms with van der Waals surface area (Å²) in [6, 6.07) is 11.7. The molecule has 4 aromatic rings. The van der Waals surface area contributed by atoms with Gasteiger partial charge >= 0.3 is 0 Å². The van der Waals surface area contributed by atoms with Crippen molar-refractivity contribution in [2.24, 2.45) is 0 Å². The fraction of sp³-hybridized carbons (Fsp3) is 0.569. The molecule has 396 valence electrons. The Labute approximate surface area is 439 Å². The summed E-state index contributed by atoms with van der Waals surface area (Å²) < 4.78 is 3.34. The van der Waals surface area contributed by atoms with Crippen LogP contribution in [-0.4, -0.2) is 139 Å². The fourth-order valence-corrected chi connectivity index (χ4v) is 10.5. The molecule has 20 nitrogen and oxygen atoms in total. The van der Waals surface area contributed by atoms with Crippen molar-refractivity contribution in [3.8, 4) is 0 Å². The van der Waals surface area contributed by atoms with Gasteiger partial charge in [-0.25, -0.2) is 0 Å². The summed E-state index contributed by atoms with van der Waals surface area (Å²) >= 11 is 0. The highest BCUT2D eigenvalue weighted by Crippen LogP contribution is 2.32. The van der Waals surface area contributed by atoms with E-state index in [0.29, 0.717) is 69.7 Å². The number of likely N-dealkylation sites (N-methyl/N-ethyl adjacent to an activating group) is 2. The number of nitrogens with one attached hydrogen (secondary N) is 6. The molecule has 6 amide bonds. The van der Waals surface area contributed by atoms with E-state index in [1.807, 2.05) is 24.3 Å². The number of nitrogens with zero attached hydrogens (tertiary/aromatic N) is 8. The molecule has 6 N–H and O–H groups in total. The summed E-state index contributed by atoms with van der Waals surface area (Å²) in [7, 11) is 3.34. The first-order chi connectivity index (χ1) is 34.4. The van der Waals surface area contributed by atoms with Crippen LogP contribution in [-0.2, 0) is 67.5 Å². The van der Waals surface area contributed by atoms with E-state index in [4.69, 9.17) is 0 Å². The topological polar surface area (TPSA) is 242 Å². The van der Waals surface area contributed by atoms with Gasteiger partial charge in [-0.05, 0) is 121 Å². The number of carbonyl (C=O) groups is 6. The average molecular weight is 1050 g/mol. The van der Waals surface area contributed by atoms with Crippen LogP contribution in [0, 0.1) is 0 Å². The standard InChI is InChI=1S/C51H70N14O6.2ClH/c1-32(52-3)46(66)56-42(50(70)64-26-11-22-44(64)48(68)54-40-20-9-16-34-14-5-7-18-38(34)40)28-36-30-62(60-58-36)24-13-25-63-31-37(59-61-63)29-43(57-47(67)33(2)53-4)51(71)65-27-12-23-45(65)49(69)55-41-21-10-17-35-15-6-8-19-39(35)41;;/h5-8,14-15,18-19,30-33,40-45,52-53H,9-13,16-17,20-29H2,1-4H3,(H,54,68)(H,55,69)(H,56,66)(H,57,67);2*1H/t32-,33-,40+,41+,42-,43+,44-,45-;;/m0../s1. The lowest BCUT2D eigenvalue weighted by atomic mass is 9.87. The first-order valence-corrected chi connectivity index (χ1v) is 25.5. The molecule has 0 spiro atoms. The summed E-state index contributed by atoms with van der Waals surface area (Å²) in [5.41, 5.74) is 5.73. The summed E-state index contributed by atoms with van der Waals surface area (Å²) in [5.74, 6) is -1.75. The molecule has 4 heterocycles. The van der Waals surface area contributed by atoms with Crippen molar-refractivity contribution in [2.75, 3.05) is 27.2 Å².